The van der Waals surface area contributed by atoms with E-state index in [0.717, 1.165) is 5.57 Å². The molecule has 2 aliphatic carbocycles. The van der Waals surface area contributed by atoms with E-state index in [2.05, 4.69) is 6.58 Å². The van der Waals surface area contributed by atoms with Gasteiger partial charge in [-0.15, -0.1) is 0 Å². The van der Waals surface area contributed by atoms with E-state index in [0.29, 0.717) is 24.0 Å². The van der Waals surface area contributed by atoms with Gasteiger partial charge in [0.1, 0.15) is 6.10 Å². The molecule has 102 valence electrons. The molecule has 0 radical (unpaired) electrons. The van der Waals surface area contributed by atoms with Crippen LogP contribution in [0.1, 0.15) is 26.7 Å². The molecule has 19 heavy (non-hydrogen) atoms. The maximum absolute atomic E-state index is 11.9. The van der Waals surface area contributed by atoms with Crippen LogP contribution in [0.25, 0.3) is 0 Å². The van der Waals surface area contributed by atoms with Gasteiger partial charge in [-0.05, 0) is 36.3 Å². The summed E-state index contributed by atoms with van der Waals surface area (Å²) >= 11 is 0. The molecule has 1 saturated carbocycles. The maximum atomic E-state index is 11.9. The summed E-state index contributed by atoms with van der Waals surface area (Å²) < 4.78 is 5.40. The number of hydrogen-bond acceptors (Lipinski definition) is 4. The number of fused-ring (bicyclic) bond motifs is 3. The van der Waals surface area contributed by atoms with Crippen molar-refractivity contribution in [1.29, 1.82) is 0 Å². The topological polar surface area (TPSA) is 63.6 Å². The number of aliphatic hydroxyl groups is 1. The Morgan fingerprint density at radius 3 is 2.74 bits per heavy atom. The number of hydrogen-bond donors (Lipinski definition) is 1. The average molecular weight is 262 g/mol. The van der Waals surface area contributed by atoms with E-state index in [1.807, 2.05) is 6.92 Å². The predicted octanol–water partition coefficient (Wildman–Crippen LogP) is 1.39. The van der Waals surface area contributed by atoms with E-state index in [9.17, 15) is 14.7 Å². The lowest BCUT2D eigenvalue weighted by Crippen LogP contribution is -2.29. The lowest BCUT2D eigenvalue weighted by atomic mass is 9.85. The van der Waals surface area contributed by atoms with E-state index in [4.69, 9.17) is 4.74 Å². The van der Waals surface area contributed by atoms with Crippen LogP contribution in [-0.4, -0.2) is 29.1 Å². The standard InChI is InChI=1S/C15H18O4/c1-6-4-11(17)13-8(3)15(18)19-14(13)12-7(2)10(16)5-9(6)12/h6,9,11,13-14,17H,3-5H2,1-2H3/t6-,9+,11+,13-,14+/m1/s1. The Bertz CT molecular complexity index is 516. The van der Waals surface area contributed by atoms with E-state index < -0.39 is 24.1 Å². The van der Waals surface area contributed by atoms with Gasteiger partial charge in [-0.1, -0.05) is 13.5 Å². The molecule has 0 aromatic carbocycles. The van der Waals surface area contributed by atoms with Gasteiger partial charge in [-0.3, -0.25) is 4.79 Å². The van der Waals surface area contributed by atoms with Crippen LogP contribution >= 0.6 is 0 Å². The van der Waals surface area contributed by atoms with Crippen molar-refractivity contribution >= 4 is 11.8 Å². The quantitative estimate of drug-likeness (QED) is 0.529. The molecule has 1 aliphatic heterocycles. The second kappa shape index (κ2) is 4.04. The Morgan fingerprint density at radius 1 is 1.37 bits per heavy atom. The number of carbonyl (C=O) groups is 2. The summed E-state index contributed by atoms with van der Waals surface area (Å²) in [4.78, 5) is 23.7. The Labute approximate surface area is 112 Å². The summed E-state index contributed by atoms with van der Waals surface area (Å²) in [6, 6.07) is 0. The molecule has 3 rings (SSSR count). The van der Waals surface area contributed by atoms with Gasteiger partial charge in [-0.25, -0.2) is 4.79 Å². The number of ether oxygens (including phenoxy) is 1. The van der Waals surface area contributed by atoms with Gasteiger partial charge in [0.05, 0.1) is 12.0 Å². The highest BCUT2D eigenvalue weighted by molar-refractivity contribution is 6.00. The van der Waals surface area contributed by atoms with E-state index >= 15 is 0 Å². The fourth-order valence-electron chi connectivity index (χ4n) is 3.80. The summed E-state index contributed by atoms with van der Waals surface area (Å²) in [5.41, 5.74) is 1.97. The third-order valence-corrected chi connectivity index (χ3v) is 4.90. The lowest BCUT2D eigenvalue weighted by Gasteiger charge is -2.22. The summed E-state index contributed by atoms with van der Waals surface area (Å²) in [7, 11) is 0. The number of aliphatic hydroxyl groups excluding tert-OH is 1. The molecule has 3 aliphatic rings. The van der Waals surface area contributed by atoms with E-state index in [1.165, 1.54) is 0 Å². The Kier molecular flexibility index (Phi) is 2.68. The highest BCUT2D eigenvalue weighted by Gasteiger charge is 2.52. The molecule has 1 heterocycles. The predicted molar refractivity (Wildman–Crippen MR) is 68.1 cm³/mol. The van der Waals surface area contributed by atoms with Gasteiger partial charge in [0.25, 0.3) is 0 Å². The number of rotatable bonds is 0. The minimum Gasteiger partial charge on any atom is -0.454 e. The molecule has 0 unspecified atom stereocenters. The van der Waals surface area contributed by atoms with Crippen molar-refractivity contribution in [3.63, 3.8) is 0 Å². The van der Waals surface area contributed by atoms with Gasteiger partial charge in [-0.2, -0.15) is 0 Å². The molecule has 0 bridgehead atoms. The molecule has 0 spiro atoms. The Hall–Kier alpha value is -1.42. The van der Waals surface area contributed by atoms with Crippen LogP contribution in [0, 0.1) is 17.8 Å². The molecule has 1 saturated heterocycles. The third-order valence-electron chi connectivity index (χ3n) is 4.90. The first kappa shape index (κ1) is 12.6. The van der Waals surface area contributed by atoms with Crippen LogP contribution in [0.2, 0.25) is 0 Å². The highest BCUT2D eigenvalue weighted by atomic mass is 16.6. The van der Waals surface area contributed by atoms with Crippen LogP contribution in [-0.2, 0) is 14.3 Å². The van der Waals surface area contributed by atoms with E-state index in [-0.39, 0.29) is 17.6 Å². The van der Waals surface area contributed by atoms with Crippen molar-refractivity contribution in [2.24, 2.45) is 17.8 Å². The smallest absolute Gasteiger partial charge is 0.334 e. The average Bonchev–Trinajstić information content (AvgIpc) is 2.75. The van der Waals surface area contributed by atoms with Crippen molar-refractivity contribution in [1.82, 2.24) is 0 Å². The van der Waals surface area contributed by atoms with Gasteiger partial charge in [0, 0.05) is 12.0 Å². The van der Waals surface area contributed by atoms with Crippen molar-refractivity contribution in [3.8, 4) is 0 Å². The molecule has 0 amide bonds. The zero-order valence-corrected chi connectivity index (χ0v) is 11.2. The maximum Gasteiger partial charge on any atom is 0.334 e. The number of allylic oxidation sites excluding steroid dienone is 1. The Balaban J connectivity index is 2.12. The fourth-order valence-corrected chi connectivity index (χ4v) is 3.80. The molecular formula is C15H18O4. The van der Waals surface area contributed by atoms with Crippen LogP contribution in [0.4, 0.5) is 0 Å². The number of Topliss-reactive ketones (excluding diaryl/α,β-unsaturated/α-hetero) is 1. The molecule has 4 heteroatoms. The molecule has 5 atom stereocenters. The molecule has 0 aromatic heterocycles. The first-order valence-electron chi connectivity index (χ1n) is 6.73. The second-order valence-corrected chi connectivity index (χ2v) is 5.97. The Morgan fingerprint density at radius 2 is 2.05 bits per heavy atom. The molecule has 2 fully saturated rings. The first-order chi connectivity index (χ1) is 8.91. The lowest BCUT2D eigenvalue weighted by molar-refractivity contribution is -0.138. The van der Waals surface area contributed by atoms with Gasteiger partial charge < -0.3 is 9.84 Å². The number of esters is 1. The van der Waals surface area contributed by atoms with Crippen molar-refractivity contribution < 1.29 is 19.4 Å². The summed E-state index contributed by atoms with van der Waals surface area (Å²) in [5, 5.41) is 10.3. The van der Waals surface area contributed by atoms with Crippen LogP contribution in [0.15, 0.2) is 23.3 Å². The van der Waals surface area contributed by atoms with E-state index in [1.54, 1.807) is 6.92 Å². The third kappa shape index (κ3) is 1.62. The summed E-state index contributed by atoms with van der Waals surface area (Å²) in [6.45, 7) is 7.60. The zero-order chi connectivity index (χ0) is 13.9. The fraction of sp³-hybridized carbons (Fsp3) is 0.600. The minimum atomic E-state index is -0.625. The molecular weight excluding hydrogens is 244 g/mol. The SMILES string of the molecule is C=C1C(=O)O[C@H]2C3=C(C)C(=O)C[C@H]3[C@H](C)C[C@H](O)[C@@H]12. The van der Waals surface area contributed by atoms with Gasteiger partial charge >= 0.3 is 5.97 Å². The van der Waals surface area contributed by atoms with Crippen LogP contribution < -0.4 is 0 Å². The van der Waals surface area contributed by atoms with Crippen molar-refractivity contribution in [2.75, 3.05) is 0 Å². The monoisotopic (exact) mass is 262 g/mol. The van der Waals surface area contributed by atoms with Crippen molar-refractivity contribution in [3.05, 3.63) is 23.3 Å². The first-order valence-corrected chi connectivity index (χ1v) is 6.73. The highest BCUT2D eigenvalue weighted by Crippen LogP contribution is 2.49. The van der Waals surface area contributed by atoms with Crippen molar-refractivity contribution in [2.45, 2.75) is 38.9 Å². The summed E-state index contributed by atoms with van der Waals surface area (Å²) in [5.74, 6) is -0.396. The van der Waals surface area contributed by atoms with Gasteiger partial charge in [0.2, 0.25) is 0 Å². The molecule has 1 N–H and O–H groups in total. The zero-order valence-electron chi connectivity index (χ0n) is 11.2. The molecule has 0 aromatic rings. The largest absolute Gasteiger partial charge is 0.454 e. The van der Waals surface area contributed by atoms with Crippen LogP contribution in [0.5, 0.6) is 0 Å². The number of ketones is 1. The summed E-state index contributed by atoms with van der Waals surface area (Å²) in [6.07, 6.45) is -0.0650. The van der Waals surface area contributed by atoms with Crippen LogP contribution in [0.3, 0.4) is 0 Å². The second-order valence-electron chi connectivity index (χ2n) is 5.97. The number of carbonyl (C=O) groups excluding carboxylic acids is 2. The van der Waals surface area contributed by atoms with Gasteiger partial charge in [0.15, 0.2) is 5.78 Å². The minimum absolute atomic E-state index is 0.0934. The normalized spacial score (nSPS) is 42.1. The molecule has 4 nitrogen and oxygen atoms in total.